The SMILES string of the molecule is Cc1ccnc(N2CCCC(Oc3cccnc3)C2)n1. The summed E-state index contributed by atoms with van der Waals surface area (Å²) in [6.07, 6.45) is 7.61. The molecule has 0 aliphatic carbocycles. The molecule has 5 nitrogen and oxygen atoms in total. The lowest BCUT2D eigenvalue weighted by molar-refractivity contribution is 0.178. The fraction of sp³-hybridized carbons (Fsp3) is 0.400. The summed E-state index contributed by atoms with van der Waals surface area (Å²) >= 11 is 0. The number of rotatable bonds is 3. The first-order valence-corrected chi connectivity index (χ1v) is 6.92. The molecule has 3 rings (SSSR count). The molecule has 0 saturated carbocycles. The maximum atomic E-state index is 5.98. The Balaban J connectivity index is 1.67. The first kappa shape index (κ1) is 12.8. The Morgan fingerprint density at radius 1 is 1.30 bits per heavy atom. The molecule has 0 radical (unpaired) electrons. The minimum absolute atomic E-state index is 0.164. The Morgan fingerprint density at radius 2 is 2.25 bits per heavy atom. The van der Waals surface area contributed by atoms with Crippen molar-refractivity contribution < 1.29 is 4.74 Å². The van der Waals surface area contributed by atoms with Crippen molar-refractivity contribution in [3.8, 4) is 5.75 Å². The number of ether oxygens (including phenoxy) is 1. The number of hydrogen-bond acceptors (Lipinski definition) is 5. The normalized spacial score (nSPS) is 18.9. The quantitative estimate of drug-likeness (QED) is 0.856. The van der Waals surface area contributed by atoms with Gasteiger partial charge in [-0.2, -0.15) is 0 Å². The van der Waals surface area contributed by atoms with E-state index in [4.69, 9.17) is 4.74 Å². The number of aromatic nitrogens is 3. The molecule has 0 amide bonds. The maximum Gasteiger partial charge on any atom is 0.225 e. The van der Waals surface area contributed by atoms with Crippen molar-refractivity contribution in [1.82, 2.24) is 15.0 Å². The maximum absolute atomic E-state index is 5.98. The molecular weight excluding hydrogens is 252 g/mol. The number of pyridine rings is 1. The average molecular weight is 270 g/mol. The first-order chi connectivity index (χ1) is 9.81. The second-order valence-electron chi connectivity index (χ2n) is 5.01. The van der Waals surface area contributed by atoms with Crippen LogP contribution >= 0.6 is 0 Å². The van der Waals surface area contributed by atoms with Crippen LogP contribution in [0, 0.1) is 6.92 Å². The highest BCUT2D eigenvalue weighted by Gasteiger charge is 2.23. The van der Waals surface area contributed by atoms with Crippen LogP contribution in [-0.2, 0) is 0 Å². The van der Waals surface area contributed by atoms with Gasteiger partial charge in [-0.25, -0.2) is 9.97 Å². The Hall–Kier alpha value is -2.17. The Bertz CT molecular complexity index is 561. The fourth-order valence-corrected chi connectivity index (χ4v) is 2.41. The molecule has 0 spiro atoms. The number of piperidine rings is 1. The molecule has 1 saturated heterocycles. The van der Waals surface area contributed by atoms with E-state index in [1.54, 1.807) is 12.4 Å². The van der Waals surface area contributed by atoms with Crippen molar-refractivity contribution in [2.75, 3.05) is 18.0 Å². The third-order valence-electron chi connectivity index (χ3n) is 3.38. The van der Waals surface area contributed by atoms with Gasteiger partial charge in [0.1, 0.15) is 11.9 Å². The molecule has 0 bridgehead atoms. The van der Waals surface area contributed by atoms with Gasteiger partial charge in [0, 0.05) is 24.6 Å². The van der Waals surface area contributed by atoms with Crippen LogP contribution in [0.4, 0.5) is 5.95 Å². The van der Waals surface area contributed by atoms with E-state index in [-0.39, 0.29) is 6.10 Å². The zero-order valence-electron chi connectivity index (χ0n) is 11.6. The van der Waals surface area contributed by atoms with Gasteiger partial charge in [0.15, 0.2) is 0 Å². The van der Waals surface area contributed by atoms with Gasteiger partial charge in [-0.15, -0.1) is 0 Å². The van der Waals surface area contributed by atoms with Crippen LogP contribution in [0.15, 0.2) is 36.8 Å². The molecule has 0 aromatic carbocycles. The van der Waals surface area contributed by atoms with Crippen molar-refractivity contribution in [1.29, 1.82) is 0 Å². The third-order valence-corrected chi connectivity index (χ3v) is 3.38. The van der Waals surface area contributed by atoms with E-state index < -0.39 is 0 Å². The van der Waals surface area contributed by atoms with E-state index >= 15 is 0 Å². The molecule has 3 heterocycles. The lowest BCUT2D eigenvalue weighted by atomic mass is 10.1. The first-order valence-electron chi connectivity index (χ1n) is 6.92. The minimum Gasteiger partial charge on any atom is -0.487 e. The van der Waals surface area contributed by atoms with Gasteiger partial charge >= 0.3 is 0 Å². The molecule has 2 aromatic rings. The van der Waals surface area contributed by atoms with Gasteiger partial charge in [-0.1, -0.05) is 0 Å². The lowest BCUT2D eigenvalue weighted by Gasteiger charge is -2.32. The van der Waals surface area contributed by atoms with Crippen molar-refractivity contribution in [3.63, 3.8) is 0 Å². The van der Waals surface area contributed by atoms with E-state index in [1.165, 1.54) is 0 Å². The Labute approximate surface area is 118 Å². The number of hydrogen-bond donors (Lipinski definition) is 0. The van der Waals surface area contributed by atoms with Gasteiger partial charge in [0.05, 0.1) is 12.7 Å². The van der Waals surface area contributed by atoms with Gasteiger partial charge in [-0.05, 0) is 38.0 Å². The molecule has 5 heteroatoms. The highest BCUT2D eigenvalue weighted by Crippen LogP contribution is 2.20. The van der Waals surface area contributed by atoms with Gasteiger partial charge in [-0.3, -0.25) is 4.98 Å². The zero-order valence-corrected chi connectivity index (χ0v) is 11.6. The standard InChI is InChI=1S/C15H18N4O/c1-12-6-8-17-15(18-12)19-9-3-5-14(11-19)20-13-4-2-7-16-10-13/h2,4,6-8,10,14H,3,5,9,11H2,1H3. The molecule has 1 unspecified atom stereocenters. The van der Waals surface area contributed by atoms with Crippen molar-refractivity contribution >= 4 is 5.95 Å². The summed E-state index contributed by atoms with van der Waals surface area (Å²) in [6.45, 7) is 3.79. The molecule has 2 aromatic heterocycles. The minimum atomic E-state index is 0.164. The zero-order chi connectivity index (χ0) is 13.8. The molecule has 1 fully saturated rings. The smallest absolute Gasteiger partial charge is 0.225 e. The van der Waals surface area contributed by atoms with Crippen LogP contribution in [0.3, 0.4) is 0 Å². The van der Waals surface area contributed by atoms with E-state index in [0.29, 0.717) is 0 Å². The predicted molar refractivity (Wildman–Crippen MR) is 76.9 cm³/mol. The molecule has 20 heavy (non-hydrogen) atoms. The van der Waals surface area contributed by atoms with E-state index in [0.717, 1.165) is 43.3 Å². The lowest BCUT2D eigenvalue weighted by Crippen LogP contribution is -2.42. The highest BCUT2D eigenvalue weighted by molar-refractivity contribution is 5.31. The number of anilines is 1. The van der Waals surface area contributed by atoms with Crippen LogP contribution in [0.1, 0.15) is 18.5 Å². The highest BCUT2D eigenvalue weighted by atomic mass is 16.5. The number of aryl methyl sites for hydroxylation is 1. The monoisotopic (exact) mass is 270 g/mol. The summed E-state index contributed by atoms with van der Waals surface area (Å²) in [5.74, 6) is 1.62. The second-order valence-corrected chi connectivity index (χ2v) is 5.01. The molecule has 1 atom stereocenters. The van der Waals surface area contributed by atoms with Crippen LogP contribution in [0.5, 0.6) is 5.75 Å². The van der Waals surface area contributed by atoms with Crippen LogP contribution in [-0.4, -0.2) is 34.1 Å². The van der Waals surface area contributed by atoms with E-state index in [2.05, 4.69) is 19.9 Å². The van der Waals surface area contributed by atoms with Crippen molar-refractivity contribution in [2.24, 2.45) is 0 Å². The summed E-state index contributed by atoms with van der Waals surface area (Å²) in [6, 6.07) is 5.74. The molecular formula is C15H18N4O. The fourth-order valence-electron chi connectivity index (χ4n) is 2.41. The predicted octanol–water partition coefficient (Wildman–Crippen LogP) is 2.23. The van der Waals surface area contributed by atoms with E-state index in [9.17, 15) is 0 Å². The number of nitrogens with zero attached hydrogens (tertiary/aromatic N) is 4. The summed E-state index contributed by atoms with van der Waals surface area (Å²) in [5, 5.41) is 0. The largest absolute Gasteiger partial charge is 0.487 e. The van der Waals surface area contributed by atoms with Crippen molar-refractivity contribution in [3.05, 3.63) is 42.5 Å². The molecule has 1 aliphatic heterocycles. The van der Waals surface area contributed by atoms with Crippen LogP contribution < -0.4 is 9.64 Å². The Morgan fingerprint density at radius 3 is 3.05 bits per heavy atom. The second kappa shape index (κ2) is 5.86. The van der Waals surface area contributed by atoms with Crippen LogP contribution in [0.2, 0.25) is 0 Å². The van der Waals surface area contributed by atoms with Gasteiger partial charge < -0.3 is 9.64 Å². The topological polar surface area (TPSA) is 51.1 Å². The summed E-state index contributed by atoms with van der Waals surface area (Å²) < 4.78 is 5.98. The molecule has 0 N–H and O–H groups in total. The van der Waals surface area contributed by atoms with E-state index in [1.807, 2.05) is 31.3 Å². The Kier molecular flexibility index (Phi) is 3.76. The third kappa shape index (κ3) is 3.04. The molecule has 1 aliphatic rings. The van der Waals surface area contributed by atoms with Crippen molar-refractivity contribution in [2.45, 2.75) is 25.9 Å². The van der Waals surface area contributed by atoms with Crippen LogP contribution in [0.25, 0.3) is 0 Å². The van der Waals surface area contributed by atoms with Gasteiger partial charge in [0.2, 0.25) is 5.95 Å². The summed E-state index contributed by atoms with van der Waals surface area (Å²) in [4.78, 5) is 15.1. The summed E-state index contributed by atoms with van der Waals surface area (Å²) in [7, 11) is 0. The molecule has 104 valence electrons. The van der Waals surface area contributed by atoms with Gasteiger partial charge in [0.25, 0.3) is 0 Å². The summed E-state index contributed by atoms with van der Waals surface area (Å²) in [5.41, 5.74) is 0.991. The average Bonchev–Trinajstić information content (AvgIpc) is 2.49.